The minimum atomic E-state index is -0.446. The van der Waals surface area contributed by atoms with E-state index >= 15 is 0 Å². The third-order valence-corrected chi connectivity index (χ3v) is 2.61. The van der Waals surface area contributed by atoms with Crippen LogP contribution in [0.5, 0.6) is 5.75 Å². The van der Waals surface area contributed by atoms with Gasteiger partial charge in [-0.15, -0.1) is 0 Å². The van der Waals surface area contributed by atoms with Crippen LogP contribution in [0.1, 0.15) is 12.5 Å². The smallest absolute Gasteiger partial charge is 0.325 e. The summed E-state index contributed by atoms with van der Waals surface area (Å²) in [5, 5.41) is 2.50. The number of ether oxygens (including phenoxy) is 2. The van der Waals surface area contributed by atoms with E-state index in [1.807, 2.05) is 24.3 Å². The Morgan fingerprint density at radius 3 is 2.45 bits per heavy atom. The average Bonchev–Trinajstić information content (AvgIpc) is 2.45. The highest BCUT2D eigenvalue weighted by molar-refractivity contribution is 5.80. The zero-order valence-electron chi connectivity index (χ0n) is 12.0. The second kappa shape index (κ2) is 8.04. The number of carbonyl (C=O) groups is 2. The first-order valence-electron chi connectivity index (χ1n) is 6.34. The normalized spacial score (nSPS) is 9.75. The van der Waals surface area contributed by atoms with Crippen molar-refractivity contribution in [3.05, 3.63) is 29.8 Å². The maximum Gasteiger partial charge on any atom is 0.325 e. The molecule has 0 unspecified atom stereocenters. The van der Waals surface area contributed by atoms with E-state index in [1.165, 1.54) is 4.90 Å². The molecule has 1 aromatic rings. The second-order valence-corrected chi connectivity index (χ2v) is 4.17. The summed E-state index contributed by atoms with van der Waals surface area (Å²) in [4.78, 5) is 24.4. The molecule has 0 saturated carbocycles. The quantitative estimate of drug-likeness (QED) is 0.800. The van der Waals surface area contributed by atoms with Crippen LogP contribution in [0.3, 0.4) is 0 Å². The van der Waals surface area contributed by atoms with Gasteiger partial charge in [0.1, 0.15) is 12.3 Å². The van der Waals surface area contributed by atoms with E-state index in [4.69, 9.17) is 9.47 Å². The molecule has 110 valence electrons. The zero-order valence-corrected chi connectivity index (χ0v) is 12.0. The molecule has 0 heterocycles. The Morgan fingerprint density at radius 1 is 1.25 bits per heavy atom. The molecule has 2 amide bonds. The lowest BCUT2D eigenvalue weighted by atomic mass is 10.2. The summed E-state index contributed by atoms with van der Waals surface area (Å²) in [6, 6.07) is 7.11. The van der Waals surface area contributed by atoms with Crippen molar-refractivity contribution < 1.29 is 19.1 Å². The zero-order chi connectivity index (χ0) is 15.0. The number of esters is 1. The highest BCUT2D eigenvalue weighted by Crippen LogP contribution is 2.12. The van der Waals surface area contributed by atoms with Crippen molar-refractivity contribution in [1.82, 2.24) is 10.2 Å². The van der Waals surface area contributed by atoms with E-state index in [2.05, 4.69) is 5.32 Å². The molecule has 0 fully saturated rings. The monoisotopic (exact) mass is 280 g/mol. The number of carbonyl (C=O) groups excluding carboxylic acids is 2. The third-order valence-electron chi connectivity index (χ3n) is 2.61. The van der Waals surface area contributed by atoms with Gasteiger partial charge in [0.25, 0.3) is 0 Å². The first-order valence-corrected chi connectivity index (χ1v) is 6.34. The lowest BCUT2D eigenvalue weighted by molar-refractivity contribution is -0.141. The molecule has 0 spiro atoms. The molecule has 0 radical (unpaired) electrons. The van der Waals surface area contributed by atoms with Crippen molar-refractivity contribution in [2.45, 2.75) is 13.5 Å². The number of rotatable bonds is 6. The number of benzene rings is 1. The van der Waals surface area contributed by atoms with Gasteiger partial charge in [-0.2, -0.15) is 0 Å². The summed E-state index contributed by atoms with van der Waals surface area (Å²) in [7, 11) is 3.26. The number of amides is 2. The van der Waals surface area contributed by atoms with Crippen molar-refractivity contribution in [1.29, 1.82) is 0 Å². The van der Waals surface area contributed by atoms with Gasteiger partial charge in [0.15, 0.2) is 0 Å². The molecule has 6 heteroatoms. The Hall–Kier alpha value is -2.24. The molecule has 0 atom stereocenters. The van der Waals surface area contributed by atoms with E-state index in [9.17, 15) is 9.59 Å². The van der Waals surface area contributed by atoms with Gasteiger partial charge in [0.05, 0.1) is 13.7 Å². The van der Waals surface area contributed by atoms with E-state index < -0.39 is 5.97 Å². The molecular formula is C14H20N2O4. The van der Waals surface area contributed by atoms with Crippen LogP contribution in [0.4, 0.5) is 4.79 Å². The molecule has 1 aromatic carbocycles. The molecular weight excluding hydrogens is 260 g/mol. The summed E-state index contributed by atoms with van der Waals surface area (Å²) >= 11 is 0. The molecule has 1 rings (SSSR count). The molecule has 1 N–H and O–H groups in total. The molecule has 0 aliphatic rings. The average molecular weight is 280 g/mol. The van der Waals surface area contributed by atoms with Crippen molar-refractivity contribution in [2.75, 3.05) is 27.3 Å². The first-order chi connectivity index (χ1) is 9.56. The molecule has 6 nitrogen and oxygen atoms in total. The largest absolute Gasteiger partial charge is 0.497 e. The number of urea groups is 1. The van der Waals surface area contributed by atoms with E-state index in [0.717, 1.165) is 11.3 Å². The molecule has 0 bridgehead atoms. The van der Waals surface area contributed by atoms with E-state index in [-0.39, 0.29) is 12.6 Å². The van der Waals surface area contributed by atoms with Gasteiger partial charge in [-0.3, -0.25) is 4.79 Å². The number of hydrogen-bond donors (Lipinski definition) is 1. The molecule has 0 aromatic heterocycles. The van der Waals surface area contributed by atoms with Crippen LogP contribution in [-0.2, 0) is 16.1 Å². The van der Waals surface area contributed by atoms with E-state index in [0.29, 0.717) is 13.2 Å². The van der Waals surface area contributed by atoms with Crippen LogP contribution in [0.2, 0.25) is 0 Å². The lowest BCUT2D eigenvalue weighted by Gasteiger charge is -2.17. The molecule has 20 heavy (non-hydrogen) atoms. The Morgan fingerprint density at radius 2 is 1.90 bits per heavy atom. The van der Waals surface area contributed by atoms with Crippen LogP contribution in [0.15, 0.2) is 24.3 Å². The summed E-state index contributed by atoms with van der Waals surface area (Å²) in [5.74, 6) is 0.321. The van der Waals surface area contributed by atoms with Crippen molar-refractivity contribution in [3.8, 4) is 5.75 Å². The number of hydrogen-bond acceptors (Lipinski definition) is 4. The van der Waals surface area contributed by atoms with Gasteiger partial charge in [0.2, 0.25) is 0 Å². The van der Waals surface area contributed by atoms with Crippen molar-refractivity contribution in [2.24, 2.45) is 0 Å². The van der Waals surface area contributed by atoms with Gasteiger partial charge in [-0.25, -0.2) is 4.79 Å². The van der Waals surface area contributed by atoms with Gasteiger partial charge < -0.3 is 19.7 Å². The Balaban J connectivity index is 2.42. The van der Waals surface area contributed by atoms with Crippen LogP contribution in [0.25, 0.3) is 0 Å². The van der Waals surface area contributed by atoms with Crippen LogP contribution in [0, 0.1) is 0 Å². The summed E-state index contributed by atoms with van der Waals surface area (Å²) in [6.45, 7) is 2.34. The molecule has 0 aliphatic carbocycles. The molecule has 0 saturated heterocycles. The number of nitrogens with one attached hydrogen (secondary N) is 1. The minimum Gasteiger partial charge on any atom is -0.497 e. The fourth-order valence-electron chi connectivity index (χ4n) is 1.57. The predicted octanol–water partition coefficient (Wildman–Crippen LogP) is 1.40. The highest BCUT2D eigenvalue weighted by Gasteiger charge is 2.11. The van der Waals surface area contributed by atoms with Gasteiger partial charge in [0, 0.05) is 13.6 Å². The number of methoxy groups -OCH3 is 1. The highest BCUT2D eigenvalue weighted by atomic mass is 16.5. The predicted molar refractivity (Wildman–Crippen MR) is 74.5 cm³/mol. The SMILES string of the molecule is CCOC(=O)CNC(=O)N(C)Cc1ccc(OC)cc1. The maximum absolute atomic E-state index is 11.8. The standard InChI is InChI=1S/C14H20N2O4/c1-4-20-13(17)9-15-14(18)16(2)10-11-5-7-12(19-3)8-6-11/h5-8H,4,9-10H2,1-3H3,(H,15,18). The Kier molecular flexibility index (Phi) is 6.36. The maximum atomic E-state index is 11.8. The summed E-state index contributed by atoms with van der Waals surface area (Å²) in [6.07, 6.45) is 0. The fourth-order valence-corrected chi connectivity index (χ4v) is 1.57. The van der Waals surface area contributed by atoms with Gasteiger partial charge in [-0.1, -0.05) is 12.1 Å². The Bertz CT molecular complexity index is 445. The second-order valence-electron chi connectivity index (χ2n) is 4.17. The van der Waals surface area contributed by atoms with Crippen LogP contribution < -0.4 is 10.1 Å². The number of nitrogens with zero attached hydrogens (tertiary/aromatic N) is 1. The fraction of sp³-hybridized carbons (Fsp3) is 0.429. The van der Waals surface area contributed by atoms with Gasteiger partial charge >= 0.3 is 12.0 Å². The van der Waals surface area contributed by atoms with Crippen LogP contribution in [-0.4, -0.2) is 44.2 Å². The lowest BCUT2D eigenvalue weighted by Crippen LogP contribution is -2.39. The third kappa shape index (κ3) is 5.17. The summed E-state index contributed by atoms with van der Waals surface area (Å²) in [5.41, 5.74) is 0.972. The minimum absolute atomic E-state index is 0.125. The van der Waals surface area contributed by atoms with Crippen molar-refractivity contribution in [3.63, 3.8) is 0 Å². The Labute approximate surface area is 118 Å². The molecule has 0 aliphatic heterocycles. The van der Waals surface area contributed by atoms with Crippen molar-refractivity contribution >= 4 is 12.0 Å². The first kappa shape index (κ1) is 15.8. The van der Waals surface area contributed by atoms with Crippen LogP contribution >= 0.6 is 0 Å². The topological polar surface area (TPSA) is 67.9 Å². The van der Waals surface area contributed by atoms with Gasteiger partial charge in [-0.05, 0) is 24.6 Å². The van der Waals surface area contributed by atoms with E-state index in [1.54, 1.807) is 21.1 Å². The summed E-state index contributed by atoms with van der Waals surface area (Å²) < 4.78 is 9.79.